The van der Waals surface area contributed by atoms with Crippen molar-refractivity contribution < 1.29 is 21.6 Å². The second-order valence-corrected chi connectivity index (χ2v) is 9.31. The first-order valence-corrected chi connectivity index (χ1v) is 11.2. The molecule has 2 aromatic heterocycles. The van der Waals surface area contributed by atoms with Gasteiger partial charge >= 0.3 is 6.18 Å². The van der Waals surface area contributed by atoms with Crippen LogP contribution in [-0.4, -0.2) is 46.3 Å². The van der Waals surface area contributed by atoms with Crippen molar-refractivity contribution in [2.45, 2.75) is 30.8 Å². The molecule has 3 heterocycles. The number of fused-ring (bicyclic) bond motifs is 1. The largest absolute Gasteiger partial charge is 0.416 e. The van der Waals surface area contributed by atoms with Crippen molar-refractivity contribution in [3.05, 3.63) is 63.2 Å². The summed E-state index contributed by atoms with van der Waals surface area (Å²) >= 11 is 0. The van der Waals surface area contributed by atoms with Crippen LogP contribution in [0.15, 0.2) is 40.4 Å². The highest BCUT2D eigenvalue weighted by atomic mass is 32.2. The predicted octanol–water partition coefficient (Wildman–Crippen LogP) is 2.14. The second-order valence-electron chi connectivity index (χ2n) is 7.37. The summed E-state index contributed by atoms with van der Waals surface area (Å²) in [6.45, 7) is 1.20. The Morgan fingerprint density at radius 2 is 1.90 bits per heavy atom. The van der Waals surface area contributed by atoms with Gasteiger partial charge in [0.05, 0.1) is 28.7 Å². The number of aromatic nitrogens is 4. The van der Waals surface area contributed by atoms with E-state index in [0.29, 0.717) is 42.0 Å². The predicted molar refractivity (Wildman–Crippen MR) is 105 cm³/mol. The summed E-state index contributed by atoms with van der Waals surface area (Å²) in [6.07, 6.45) is -1.43. The molecular formula is C19H18F3N5O3S. The molecule has 0 unspecified atom stereocenters. The first kappa shape index (κ1) is 21.2. The van der Waals surface area contributed by atoms with Crippen LogP contribution in [-0.2, 0) is 35.5 Å². The lowest BCUT2D eigenvalue weighted by Crippen LogP contribution is -2.36. The van der Waals surface area contributed by atoms with Crippen LogP contribution in [0.5, 0.6) is 0 Å². The highest BCUT2D eigenvalue weighted by Crippen LogP contribution is 2.31. The molecule has 164 valence electrons. The Morgan fingerprint density at radius 1 is 1.19 bits per heavy atom. The molecule has 0 fully saturated rings. The normalized spacial score (nSPS) is 15.1. The van der Waals surface area contributed by atoms with Crippen LogP contribution < -0.4 is 5.56 Å². The molecule has 0 radical (unpaired) electrons. The Kier molecular flexibility index (Phi) is 5.21. The Hall–Kier alpha value is -2.99. The third kappa shape index (κ3) is 4.39. The molecule has 31 heavy (non-hydrogen) atoms. The minimum absolute atomic E-state index is 0.263. The van der Waals surface area contributed by atoms with Crippen molar-refractivity contribution in [2.75, 3.05) is 12.8 Å². The van der Waals surface area contributed by atoms with Gasteiger partial charge in [-0.05, 0) is 17.7 Å². The van der Waals surface area contributed by atoms with E-state index in [1.165, 1.54) is 12.1 Å². The van der Waals surface area contributed by atoms with Crippen molar-refractivity contribution in [1.29, 1.82) is 0 Å². The topological polar surface area (TPSA) is 112 Å². The number of hydrogen-bond acceptors (Lipinski definition) is 6. The van der Waals surface area contributed by atoms with E-state index in [1.807, 2.05) is 4.90 Å². The van der Waals surface area contributed by atoms with Crippen LogP contribution >= 0.6 is 0 Å². The molecular weight excluding hydrogens is 435 g/mol. The summed E-state index contributed by atoms with van der Waals surface area (Å²) in [4.78, 5) is 20.8. The minimum Gasteiger partial charge on any atom is -0.297 e. The van der Waals surface area contributed by atoms with Gasteiger partial charge in [-0.3, -0.25) is 19.8 Å². The van der Waals surface area contributed by atoms with Gasteiger partial charge in [0.2, 0.25) is 15.0 Å². The fraction of sp³-hybridized carbons (Fsp3) is 0.316. The Morgan fingerprint density at radius 3 is 2.55 bits per heavy atom. The standard InChI is InChI=1S/C19H18F3N5O3S/c1-31(29,30)18-24-15-6-7-27(10-14(15)17(28)25-18)9-12-8-23-26-16(12)11-2-4-13(5-3-11)19(20,21)22/h2-5,8H,6-7,9-10H2,1H3,(H,23,26)(H,24,25,28). The maximum Gasteiger partial charge on any atom is 0.416 e. The van der Waals surface area contributed by atoms with E-state index in [1.54, 1.807) is 6.20 Å². The third-order valence-corrected chi connectivity index (χ3v) is 5.99. The van der Waals surface area contributed by atoms with E-state index < -0.39 is 27.1 Å². The molecule has 2 N–H and O–H groups in total. The molecule has 1 aromatic carbocycles. The van der Waals surface area contributed by atoms with Gasteiger partial charge in [-0.15, -0.1) is 0 Å². The van der Waals surface area contributed by atoms with E-state index in [0.717, 1.165) is 24.0 Å². The van der Waals surface area contributed by atoms with E-state index in [4.69, 9.17) is 0 Å². The van der Waals surface area contributed by atoms with Crippen molar-refractivity contribution in [3.63, 3.8) is 0 Å². The zero-order valence-corrected chi connectivity index (χ0v) is 17.1. The van der Waals surface area contributed by atoms with Gasteiger partial charge in [0, 0.05) is 37.9 Å². The van der Waals surface area contributed by atoms with Crippen LogP contribution in [0, 0.1) is 0 Å². The average Bonchev–Trinajstić information content (AvgIpc) is 3.15. The lowest BCUT2D eigenvalue weighted by molar-refractivity contribution is -0.137. The Bertz CT molecular complexity index is 1280. The molecule has 12 heteroatoms. The SMILES string of the molecule is CS(=O)(=O)c1nc2c(c(=O)[nH]1)CN(Cc1cn[nH]c1-c1ccc(C(F)(F)F)cc1)CC2. The average molecular weight is 453 g/mol. The Labute approximate surface area is 175 Å². The van der Waals surface area contributed by atoms with E-state index >= 15 is 0 Å². The monoisotopic (exact) mass is 453 g/mol. The summed E-state index contributed by atoms with van der Waals surface area (Å²) in [5.41, 5.74) is 1.55. The molecule has 0 bridgehead atoms. The Balaban J connectivity index is 1.55. The number of aromatic amines is 2. The number of H-pyrrole nitrogens is 2. The van der Waals surface area contributed by atoms with Crippen LogP contribution in [0.1, 0.15) is 22.4 Å². The number of nitrogens with one attached hydrogen (secondary N) is 2. The van der Waals surface area contributed by atoms with Gasteiger partial charge in [0.15, 0.2) is 0 Å². The van der Waals surface area contributed by atoms with Crippen LogP contribution in [0.4, 0.5) is 13.2 Å². The first-order chi connectivity index (χ1) is 14.5. The van der Waals surface area contributed by atoms with Gasteiger partial charge in [-0.1, -0.05) is 12.1 Å². The molecule has 1 aliphatic rings. The number of hydrogen-bond donors (Lipinski definition) is 2. The molecule has 3 aromatic rings. The first-order valence-electron chi connectivity index (χ1n) is 9.27. The van der Waals surface area contributed by atoms with Crippen LogP contribution in [0.3, 0.4) is 0 Å². The number of nitrogens with zero attached hydrogens (tertiary/aromatic N) is 3. The minimum atomic E-state index is -4.41. The second kappa shape index (κ2) is 7.61. The van der Waals surface area contributed by atoms with Crippen molar-refractivity contribution >= 4 is 9.84 Å². The summed E-state index contributed by atoms with van der Waals surface area (Å²) in [6, 6.07) is 4.79. The van der Waals surface area contributed by atoms with E-state index in [2.05, 4.69) is 20.2 Å². The lowest BCUT2D eigenvalue weighted by Gasteiger charge is -2.27. The molecule has 0 spiro atoms. The summed E-state index contributed by atoms with van der Waals surface area (Å²) in [7, 11) is -3.63. The summed E-state index contributed by atoms with van der Waals surface area (Å²) in [5.74, 6) is 0. The molecule has 0 amide bonds. The van der Waals surface area contributed by atoms with Crippen LogP contribution in [0.25, 0.3) is 11.3 Å². The quantitative estimate of drug-likeness (QED) is 0.586. The molecule has 0 aliphatic carbocycles. The summed E-state index contributed by atoms with van der Waals surface area (Å²) < 4.78 is 61.8. The smallest absolute Gasteiger partial charge is 0.297 e. The van der Waals surface area contributed by atoms with Gasteiger partial charge in [0.25, 0.3) is 5.56 Å². The lowest BCUT2D eigenvalue weighted by atomic mass is 10.0. The zero-order valence-electron chi connectivity index (χ0n) is 16.3. The molecule has 8 nitrogen and oxygen atoms in total. The van der Waals surface area contributed by atoms with Crippen molar-refractivity contribution in [3.8, 4) is 11.3 Å². The number of halogens is 3. The maximum atomic E-state index is 12.8. The van der Waals surface area contributed by atoms with Gasteiger partial charge < -0.3 is 0 Å². The highest BCUT2D eigenvalue weighted by Gasteiger charge is 2.30. The van der Waals surface area contributed by atoms with Gasteiger partial charge in [-0.25, -0.2) is 13.4 Å². The van der Waals surface area contributed by atoms with Gasteiger partial charge in [0.1, 0.15) is 0 Å². The molecule has 4 rings (SSSR count). The fourth-order valence-electron chi connectivity index (χ4n) is 3.52. The third-order valence-electron chi connectivity index (χ3n) is 5.09. The molecule has 0 saturated carbocycles. The highest BCUT2D eigenvalue weighted by molar-refractivity contribution is 7.90. The molecule has 0 saturated heterocycles. The van der Waals surface area contributed by atoms with Crippen molar-refractivity contribution in [1.82, 2.24) is 25.1 Å². The maximum absolute atomic E-state index is 12.8. The van der Waals surface area contributed by atoms with E-state index in [-0.39, 0.29) is 11.7 Å². The van der Waals surface area contributed by atoms with E-state index in [9.17, 15) is 26.4 Å². The zero-order chi connectivity index (χ0) is 22.4. The molecule has 1 aliphatic heterocycles. The van der Waals surface area contributed by atoms with Crippen LogP contribution in [0.2, 0.25) is 0 Å². The van der Waals surface area contributed by atoms with Gasteiger partial charge in [-0.2, -0.15) is 18.3 Å². The number of rotatable bonds is 4. The van der Waals surface area contributed by atoms with Crippen molar-refractivity contribution in [2.24, 2.45) is 0 Å². The number of benzene rings is 1. The molecule has 0 atom stereocenters. The number of sulfone groups is 1. The number of alkyl halides is 3. The fourth-order valence-corrected chi connectivity index (χ4v) is 4.07. The summed E-state index contributed by atoms with van der Waals surface area (Å²) in [5, 5.41) is 6.49.